The smallest absolute Gasteiger partial charge is 0.243 e. The van der Waals surface area contributed by atoms with E-state index in [1.54, 1.807) is 24.0 Å². The lowest BCUT2D eigenvalue weighted by atomic mass is 9.95. The number of benzene rings is 2. The summed E-state index contributed by atoms with van der Waals surface area (Å²) < 4.78 is 16.0. The lowest BCUT2D eigenvalue weighted by molar-refractivity contribution is -0.138. The van der Waals surface area contributed by atoms with E-state index in [4.69, 9.17) is 0 Å². The third kappa shape index (κ3) is 5.19. The standard InChI is InChI=1S/C27H31FN4O2/c1-18(2)19-9-11-21(12-10-19)26(20-7-5-4-6-8-20)30-27(34)24-15-22(28)17-32(24)25(33)16-23-13-14-29-31(23)3/h4-14,18,22,24,26H,15-17H2,1-3H3,(H,30,34)/t22?,24-,26-/m0/s1. The van der Waals surface area contributed by atoms with E-state index in [1.807, 2.05) is 42.5 Å². The molecule has 6 nitrogen and oxygen atoms in total. The Morgan fingerprint density at radius 1 is 1.03 bits per heavy atom. The van der Waals surface area contributed by atoms with E-state index in [1.165, 1.54) is 10.5 Å². The molecule has 178 valence electrons. The van der Waals surface area contributed by atoms with E-state index in [2.05, 4.69) is 36.4 Å². The van der Waals surface area contributed by atoms with Crippen LogP contribution in [0.1, 0.15) is 54.6 Å². The molecule has 1 unspecified atom stereocenters. The van der Waals surface area contributed by atoms with Crippen LogP contribution in [0.3, 0.4) is 0 Å². The minimum Gasteiger partial charge on any atom is -0.343 e. The van der Waals surface area contributed by atoms with E-state index in [0.29, 0.717) is 5.92 Å². The quantitative estimate of drug-likeness (QED) is 0.579. The summed E-state index contributed by atoms with van der Waals surface area (Å²) in [6, 6.07) is 18.4. The fraction of sp³-hybridized carbons (Fsp3) is 0.370. The van der Waals surface area contributed by atoms with E-state index < -0.39 is 18.3 Å². The zero-order valence-electron chi connectivity index (χ0n) is 19.8. The molecule has 2 aromatic carbocycles. The van der Waals surface area contributed by atoms with Crippen LogP contribution in [-0.2, 0) is 23.1 Å². The van der Waals surface area contributed by atoms with Gasteiger partial charge in [0.25, 0.3) is 0 Å². The topological polar surface area (TPSA) is 67.2 Å². The zero-order chi connectivity index (χ0) is 24.2. The molecule has 34 heavy (non-hydrogen) atoms. The Morgan fingerprint density at radius 3 is 2.29 bits per heavy atom. The molecule has 1 N–H and O–H groups in total. The lowest BCUT2D eigenvalue weighted by Crippen LogP contribution is -2.47. The maximum Gasteiger partial charge on any atom is 0.243 e. The largest absolute Gasteiger partial charge is 0.343 e. The third-order valence-electron chi connectivity index (χ3n) is 6.48. The predicted octanol–water partition coefficient (Wildman–Crippen LogP) is 3.93. The minimum atomic E-state index is -1.23. The maximum absolute atomic E-state index is 14.4. The summed E-state index contributed by atoms with van der Waals surface area (Å²) >= 11 is 0. The molecular formula is C27H31FN4O2. The van der Waals surface area contributed by atoms with Gasteiger partial charge in [-0.2, -0.15) is 5.10 Å². The molecule has 1 aliphatic heterocycles. The van der Waals surface area contributed by atoms with Gasteiger partial charge in [0.15, 0.2) is 0 Å². The first kappa shape index (κ1) is 23.7. The highest BCUT2D eigenvalue weighted by Gasteiger charge is 2.40. The van der Waals surface area contributed by atoms with Gasteiger partial charge in [-0.25, -0.2) is 4.39 Å². The molecule has 0 bridgehead atoms. The summed E-state index contributed by atoms with van der Waals surface area (Å²) in [6.45, 7) is 4.19. The van der Waals surface area contributed by atoms with Crippen LogP contribution in [0.4, 0.5) is 4.39 Å². The van der Waals surface area contributed by atoms with Crippen LogP contribution in [0.15, 0.2) is 66.9 Å². The molecule has 2 heterocycles. The van der Waals surface area contributed by atoms with Crippen molar-refractivity contribution in [2.75, 3.05) is 6.54 Å². The number of halogens is 1. The van der Waals surface area contributed by atoms with Crippen LogP contribution >= 0.6 is 0 Å². The molecule has 3 aromatic rings. The average molecular weight is 463 g/mol. The van der Waals surface area contributed by atoms with Crippen LogP contribution < -0.4 is 5.32 Å². The molecule has 1 fully saturated rings. The lowest BCUT2D eigenvalue weighted by Gasteiger charge is -2.27. The highest BCUT2D eigenvalue weighted by atomic mass is 19.1. The molecule has 1 aliphatic rings. The Morgan fingerprint density at radius 2 is 1.68 bits per heavy atom. The van der Waals surface area contributed by atoms with E-state index >= 15 is 0 Å². The third-order valence-corrected chi connectivity index (χ3v) is 6.48. The number of carbonyl (C=O) groups is 2. The first-order valence-electron chi connectivity index (χ1n) is 11.7. The summed E-state index contributed by atoms with van der Waals surface area (Å²) in [5.74, 6) is -0.223. The summed E-state index contributed by atoms with van der Waals surface area (Å²) in [6.07, 6.45) is 0.457. The number of likely N-dealkylation sites (tertiary alicyclic amines) is 1. The number of hydrogen-bond acceptors (Lipinski definition) is 3. The van der Waals surface area contributed by atoms with Crippen molar-refractivity contribution in [1.82, 2.24) is 20.0 Å². The molecule has 0 saturated carbocycles. The molecular weight excluding hydrogens is 431 g/mol. The van der Waals surface area contributed by atoms with Gasteiger partial charge in [-0.05, 0) is 28.7 Å². The number of aryl methyl sites for hydroxylation is 1. The number of alkyl halides is 1. The Bertz CT molecular complexity index is 1130. The van der Waals surface area contributed by atoms with Crippen molar-refractivity contribution in [3.05, 3.63) is 89.2 Å². The molecule has 0 radical (unpaired) electrons. The molecule has 0 spiro atoms. The van der Waals surface area contributed by atoms with Crippen LogP contribution in [0.5, 0.6) is 0 Å². The molecule has 2 amide bonds. The molecule has 4 rings (SSSR count). The summed E-state index contributed by atoms with van der Waals surface area (Å²) in [5, 5.41) is 7.18. The number of nitrogens with one attached hydrogen (secondary N) is 1. The molecule has 7 heteroatoms. The second-order valence-electron chi connectivity index (χ2n) is 9.19. The first-order valence-corrected chi connectivity index (χ1v) is 11.7. The Hall–Kier alpha value is -3.48. The highest BCUT2D eigenvalue weighted by Crippen LogP contribution is 2.27. The monoisotopic (exact) mass is 462 g/mol. The SMILES string of the molecule is CC(C)c1ccc([C@@H](NC(=O)[C@@H]2CC(F)CN2C(=O)Cc2ccnn2C)c2ccccc2)cc1. The maximum atomic E-state index is 14.4. The molecule has 1 aromatic heterocycles. The van der Waals surface area contributed by atoms with E-state index in [0.717, 1.165) is 16.8 Å². The van der Waals surface area contributed by atoms with Crippen molar-refractivity contribution in [2.45, 2.75) is 50.9 Å². The Balaban J connectivity index is 1.56. The van der Waals surface area contributed by atoms with E-state index in [9.17, 15) is 14.0 Å². The van der Waals surface area contributed by atoms with E-state index in [-0.39, 0.29) is 31.2 Å². The van der Waals surface area contributed by atoms with Crippen LogP contribution in [-0.4, -0.2) is 45.3 Å². The predicted molar refractivity (Wildman–Crippen MR) is 129 cm³/mol. The average Bonchev–Trinajstić information content (AvgIpc) is 3.43. The van der Waals surface area contributed by atoms with Gasteiger partial charge in [0.05, 0.1) is 19.0 Å². The number of amides is 2. The summed E-state index contributed by atoms with van der Waals surface area (Å²) in [4.78, 5) is 27.8. The normalized spacial score (nSPS) is 18.8. The van der Waals surface area contributed by atoms with Crippen molar-refractivity contribution >= 4 is 11.8 Å². The second-order valence-corrected chi connectivity index (χ2v) is 9.19. The van der Waals surface area contributed by atoms with Gasteiger partial charge in [0.1, 0.15) is 12.2 Å². The van der Waals surface area contributed by atoms with Gasteiger partial charge < -0.3 is 10.2 Å². The fourth-order valence-electron chi connectivity index (χ4n) is 4.46. The van der Waals surface area contributed by atoms with Gasteiger partial charge >= 0.3 is 0 Å². The van der Waals surface area contributed by atoms with Crippen molar-refractivity contribution < 1.29 is 14.0 Å². The number of hydrogen-bond donors (Lipinski definition) is 1. The minimum absolute atomic E-state index is 0.00322. The molecule has 3 atom stereocenters. The fourth-order valence-corrected chi connectivity index (χ4v) is 4.46. The second kappa shape index (κ2) is 10.2. The van der Waals surface area contributed by atoms with Crippen molar-refractivity contribution in [2.24, 2.45) is 7.05 Å². The number of aromatic nitrogens is 2. The van der Waals surface area contributed by atoms with Crippen LogP contribution in [0.25, 0.3) is 0 Å². The Kier molecular flexibility index (Phi) is 7.10. The Labute approximate surface area is 199 Å². The number of rotatable bonds is 7. The van der Waals surface area contributed by atoms with Crippen molar-refractivity contribution in [3.63, 3.8) is 0 Å². The van der Waals surface area contributed by atoms with Gasteiger partial charge in [-0.3, -0.25) is 14.3 Å². The van der Waals surface area contributed by atoms with Gasteiger partial charge in [-0.15, -0.1) is 0 Å². The summed E-state index contributed by atoms with van der Waals surface area (Å²) in [5.41, 5.74) is 3.80. The summed E-state index contributed by atoms with van der Waals surface area (Å²) in [7, 11) is 1.75. The first-order chi connectivity index (χ1) is 16.3. The number of nitrogens with zero attached hydrogens (tertiary/aromatic N) is 3. The van der Waals surface area contributed by atoms with Crippen molar-refractivity contribution in [1.29, 1.82) is 0 Å². The zero-order valence-corrected chi connectivity index (χ0v) is 19.8. The molecule has 1 saturated heterocycles. The van der Waals surface area contributed by atoms with Crippen molar-refractivity contribution in [3.8, 4) is 0 Å². The van der Waals surface area contributed by atoms with Crippen LogP contribution in [0, 0.1) is 0 Å². The van der Waals surface area contributed by atoms with Gasteiger partial charge in [0, 0.05) is 25.4 Å². The number of carbonyl (C=O) groups excluding carboxylic acids is 2. The van der Waals surface area contributed by atoms with Gasteiger partial charge in [-0.1, -0.05) is 68.4 Å². The van der Waals surface area contributed by atoms with Gasteiger partial charge in [0.2, 0.25) is 11.8 Å². The molecule has 0 aliphatic carbocycles. The highest BCUT2D eigenvalue weighted by molar-refractivity contribution is 5.89. The van der Waals surface area contributed by atoms with Crippen LogP contribution in [0.2, 0.25) is 0 Å².